The van der Waals surface area contributed by atoms with Crippen molar-refractivity contribution in [2.45, 2.75) is 25.0 Å². The zero-order valence-electron chi connectivity index (χ0n) is 25.6. The van der Waals surface area contributed by atoms with Crippen molar-refractivity contribution in [2.24, 2.45) is 0 Å². The molecule has 0 unspecified atom stereocenters. The molecular weight excluding hydrogens is 600 g/mol. The monoisotopic (exact) mass is 634 g/mol. The molecule has 0 spiro atoms. The van der Waals surface area contributed by atoms with Crippen LogP contribution in [-0.2, 0) is 17.8 Å². The molecule has 0 saturated carbocycles. The predicted molar refractivity (Wildman–Crippen MR) is 182 cm³/mol. The summed E-state index contributed by atoms with van der Waals surface area (Å²) in [7, 11) is 0. The lowest BCUT2D eigenvalue weighted by Gasteiger charge is -2.35. The minimum absolute atomic E-state index is 0.0487. The average Bonchev–Trinajstić information content (AvgIpc) is 3.69. The van der Waals surface area contributed by atoms with Gasteiger partial charge in [-0.2, -0.15) is 0 Å². The Bertz CT molecular complexity index is 1850. The smallest absolute Gasteiger partial charge is 0.228 e. The summed E-state index contributed by atoms with van der Waals surface area (Å²) in [6.07, 6.45) is 1.71. The van der Waals surface area contributed by atoms with Gasteiger partial charge in [0.1, 0.15) is 5.82 Å². The van der Waals surface area contributed by atoms with Gasteiger partial charge in [-0.1, -0.05) is 49.0 Å². The minimum Gasteiger partial charge on any atom is -0.369 e. The quantitative estimate of drug-likeness (QED) is 0.195. The number of amides is 1. The maximum atomic E-state index is 14.1. The molecule has 1 fully saturated rings. The fourth-order valence-electron chi connectivity index (χ4n) is 5.96. The zero-order chi connectivity index (χ0) is 31.5. The summed E-state index contributed by atoms with van der Waals surface area (Å²) >= 11 is 1.71. The molecule has 9 nitrogen and oxygen atoms in total. The van der Waals surface area contributed by atoms with E-state index in [9.17, 15) is 9.18 Å². The summed E-state index contributed by atoms with van der Waals surface area (Å²) in [6.45, 7) is 8.37. The molecule has 0 radical (unpaired) electrons. The summed E-state index contributed by atoms with van der Waals surface area (Å²) in [5.74, 6) is 0.766. The number of fused-ring (bicyclic) bond motifs is 1. The van der Waals surface area contributed by atoms with E-state index in [1.54, 1.807) is 36.2 Å². The number of hydrogen-bond donors (Lipinski definition) is 2. The van der Waals surface area contributed by atoms with Gasteiger partial charge < -0.3 is 25.0 Å². The first-order valence-corrected chi connectivity index (χ1v) is 16.6. The third-order valence-corrected chi connectivity index (χ3v) is 9.37. The second-order valence-corrected chi connectivity index (χ2v) is 12.4. The van der Waals surface area contributed by atoms with Gasteiger partial charge in [-0.3, -0.25) is 4.79 Å². The number of hydrogen-bond acceptors (Lipinski definition) is 8. The second kappa shape index (κ2) is 13.3. The zero-order valence-corrected chi connectivity index (χ0v) is 26.4. The molecule has 2 aliphatic rings. The number of carbonyl (C=O) groups is 1. The number of nitrogens with one attached hydrogen (secondary N) is 2. The van der Waals surface area contributed by atoms with Crippen LogP contribution in [0.2, 0.25) is 0 Å². The molecule has 46 heavy (non-hydrogen) atoms. The van der Waals surface area contributed by atoms with Crippen molar-refractivity contribution >= 4 is 40.7 Å². The van der Waals surface area contributed by atoms with Gasteiger partial charge >= 0.3 is 0 Å². The highest BCUT2D eigenvalue weighted by atomic mass is 32.2. The number of aromatic nitrogens is 4. The Labute approximate surface area is 271 Å². The fraction of sp³-hybridized carbons (Fsp3) is 0.257. The van der Waals surface area contributed by atoms with Gasteiger partial charge in [-0.05, 0) is 60.6 Å². The number of benzene rings is 3. The Morgan fingerprint density at radius 1 is 0.913 bits per heavy atom. The van der Waals surface area contributed by atoms with Crippen molar-refractivity contribution in [3.05, 3.63) is 96.4 Å². The highest BCUT2D eigenvalue weighted by Gasteiger charge is 2.25. The number of likely N-dealkylation sites (N-methyl/N-ethyl adjacent to an activating group) is 1. The van der Waals surface area contributed by atoms with Crippen LogP contribution in [0, 0.1) is 5.82 Å². The summed E-state index contributed by atoms with van der Waals surface area (Å²) in [5.41, 5.74) is 6.41. The molecule has 234 valence electrons. The second-order valence-electron chi connectivity index (χ2n) is 11.3. The van der Waals surface area contributed by atoms with Crippen LogP contribution in [0.5, 0.6) is 0 Å². The normalized spacial score (nSPS) is 14.7. The Morgan fingerprint density at radius 2 is 1.74 bits per heavy atom. The van der Waals surface area contributed by atoms with Crippen LogP contribution in [0.4, 0.5) is 27.4 Å². The van der Waals surface area contributed by atoms with Crippen LogP contribution < -0.4 is 15.5 Å². The van der Waals surface area contributed by atoms with Gasteiger partial charge in [0.25, 0.3) is 0 Å². The number of thioether (sulfide) groups is 1. The molecule has 11 heteroatoms. The van der Waals surface area contributed by atoms with Gasteiger partial charge in [-0.15, -0.1) is 0 Å². The Morgan fingerprint density at radius 3 is 2.54 bits per heavy atom. The van der Waals surface area contributed by atoms with Gasteiger partial charge in [0.2, 0.25) is 11.9 Å². The molecule has 5 aromatic rings. The molecule has 1 saturated heterocycles. The van der Waals surface area contributed by atoms with E-state index in [1.807, 2.05) is 30.3 Å². The number of rotatable bonds is 9. The Kier molecular flexibility index (Phi) is 8.67. The first kappa shape index (κ1) is 29.9. The molecule has 2 N–H and O–H groups in total. The van der Waals surface area contributed by atoms with E-state index in [0.717, 1.165) is 78.5 Å². The number of anilines is 4. The Hall–Kier alpha value is -4.74. The van der Waals surface area contributed by atoms with E-state index in [-0.39, 0.29) is 12.3 Å². The topological polar surface area (TPSA) is 91.2 Å². The molecule has 7 rings (SSSR count). The first-order valence-electron chi connectivity index (χ1n) is 15.6. The van der Waals surface area contributed by atoms with Crippen LogP contribution in [0.25, 0.3) is 22.6 Å². The van der Waals surface area contributed by atoms with Gasteiger partial charge in [0.05, 0.1) is 23.5 Å². The summed E-state index contributed by atoms with van der Waals surface area (Å²) in [6, 6.07) is 24.2. The van der Waals surface area contributed by atoms with Crippen LogP contribution in [0.3, 0.4) is 0 Å². The molecule has 4 heterocycles. The van der Waals surface area contributed by atoms with E-state index >= 15 is 0 Å². The third-order valence-electron chi connectivity index (χ3n) is 8.41. The van der Waals surface area contributed by atoms with Crippen LogP contribution in [-0.4, -0.2) is 68.8 Å². The van der Waals surface area contributed by atoms with Crippen molar-refractivity contribution in [3.8, 4) is 22.6 Å². The molecule has 0 atom stereocenters. The number of halogens is 1. The van der Waals surface area contributed by atoms with E-state index in [4.69, 9.17) is 9.97 Å². The molecule has 2 aliphatic heterocycles. The Balaban J connectivity index is 1.11. The molecule has 0 aliphatic carbocycles. The maximum Gasteiger partial charge on any atom is 0.228 e. The van der Waals surface area contributed by atoms with Crippen LogP contribution in [0.1, 0.15) is 12.5 Å². The fourth-order valence-corrected chi connectivity index (χ4v) is 6.91. The SMILES string of the molecule is CCN1CCN(c2ccc(Nc3nccc(-c4c(-c5cccc(NC(=O)Cc6ccccc6F)c5)nc5n4CCS5)n3)cc2)CC1. The summed E-state index contributed by atoms with van der Waals surface area (Å²) in [5, 5.41) is 7.22. The number of imidazole rings is 1. The van der Waals surface area contributed by atoms with E-state index in [2.05, 4.69) is 61.2 Å². The van der Waals surface area contributed by atoms with Crippen molar-refractivity contribution in [1.82, 2.24) is 24.4 Å². The van der Waals surface area contributed by atoms with Crippen molar-refractivity contribution in [3.63, 3.8) is 0 Å². The largest absolute Gasteiger partial charge is 0.369 e. The number of piperazine rings is 1. The highest BCUT2D eigenvalue weighted by Crippen LogP contribution is 2.39. The number of nitrogens with zero attached hydrogens (tertiary/aromatic N) is 6. The van der Waals surface area contributed by atoms with Crippen molar-refractivity contribution in [2.75, 3.05) is 54.0 Å². The van der Waals surface area contributed by atoms with E-state index in [0.29, 0.717) is 17.2 Å². The summed E-state index contributed by atoms with van der Waals surface area (Å²) in [4.78, 5) is 32.1. The lowest BCUT2D eigenvalue weighted by molar-refractivity contribution is -0.115. The number of carbonyl (C=O) groups excluding carboxylic acids is 1. The molecule has 0 bridgehead atoms. The average molecular weight is 635 g/mol. The highest BCUT2D eigenvalue weighted by molar-refractivity contribution is 7.99. The first-order chi connectivity index (χ1) is 22.5. The van der Waals surface area contributed by atoms with E-state index < -0.39 is 5.82 Å². The third kappa shape index (κ3) is 6.47. The summed E-state index contributed by atoms with van der Waals surface area (Å²) < 4.78 is 16.3. The van der Waals surface area contributed by atoms with Crippen molar-refractivity contribution in [1.29, 1.82) is 0 Å². The maximum absolute atomic E-state index is 14.1. The standard InChI is InChI=1S/C35H35FN8OS/c1-2-42-16-18-43(19-17-42)28-12-10-26(11-13-28)39-34-37-15-14-30(40-34)33-32(41-35-44(33)20-21-46-35)25-7-5-8-27(22-25)38-31(45)23-24-6-3-4-9-29(24)36/h3-15,22H,2,16-21,23H2,1H3,(H,38,45)(H,37,39,40). The molecule has 3 aromatic carbocycles. The predicted octanol–water partition coefficient (Wildman–Crippen LogP) is 6.32. The van der Waals surface area contributed by atoms with E-state index in [1.165, 1.54) is 11.8 Å². The molecule has 2 aromatic heterocycles. The molecular formula is C35H35FN8OS. The van der Waals surface area contributed by atoms with Crippen molar-refractivity contribution < 1.29 is 9.18 Å². The van der Waals surface area contributed by atoms with Gasteiger partial charge in [-0.25, -0.2) is 19.3 Å². The van der Waals surface area contributed by atoms with Gasteiger partial charge in [0, 0.05) is 67.3 Å². The molecule has 1 amide bonds. The minimum atomic E-state index is -0.391. The van der Waals surface area contributed by atoms with Gasteiger partial charge in [0.15, 0.2) is 5.16 Å². The lowest BCUT2D eigenvalue weighted by Crippen LogP contribution is -2.46. The van der Waals surface area contributed by atoms with Crippen LogP contribution >= 0.6 is 11.8 Å². The van der Waals surface area contributed by atoms with Crippen LogP contribution in [0.15, 0.2) is 90.2 Å². The lowest BCUT2D eigenvalue weighted by atomic mass is 10.1.